The normalized spacial score (nSPS) is 10.7. The molecular formula is C16H21NO4. The van der Waals surface area contributed by atoms with Gasteiger partial charge in [-0.3, -0.25) is 4.79 Å². The van der Waals surface area contributed by atoms with E-state index >= 15 is 0 Å². The van der Waals surface area contributed by atoms with Crippen LogP contribution in [-0.2, 0) is 20.7 Å². The molecule has 114 valence electrons. The van der Waals surface area contributed by atoms with Gasteiger partial charge in [-0.15, -0.1) is 0 Å². The number of benzene rings is 1. The molecule has 1 N–H and O–H groups in total. The van der Waals surface area contributed by atoms with E-state index in [1.165, 1.54) is 13.2 Å². The van der Waals surface area contributed by atoms with E-state index in [2.05, 4.69) is 10.1 Å². The van der Waals surface area contributed by atoms with E-state index in [4.69, 9.17) is 4.74 Å². The summed E-state index contributed by atoms with van der Waals surface area (Å²) in [6.07, 6.45) is 3.18. The Hall–Kier alpha value is -2.30. The van der Waals surface area contributed by atoms with Gasteiger partial charge in [-0.05, 0) is 31.5 Å². The molecule has 0 fully saturated rings. The lowest BCUT2D eigenvalue weighted by molar-refractivity contribution is -0.134. The largest absolute Gasteiger partial charge is 0.491 e. The fourth-order valence-electron chi connectivity index (χ4n) is 1.64. The Balaban J connectivity index is 2.44. The van der Waals surface area contributed by atoms with Crippen LogP contribution >= 0.6 is 0 Å². The van der Waals surface area contributed by atoms with E-state index in [1.54, 1.807) is 6.08 Å². The van der Waals surface area contributed by atoms with Crippen molar-refractivity contribution in [2.24, 2.45) is 0 Å². The summed E-state index contributed by atoms with van der Waals surface area (Å²) >= 11 is 0. The maximum absolute atomic E-state index is 11.8. The molecule has 0 aliphatic rings. The maximum atomic E-state index is 11.8. The zero-order valence-corrected chi connectivity index (χ0v) is 12.6. The predicted octanol–water partition coefficient (Wildman–Crippen LogP) is 1.86. The minimum atomic E-state index is -0.442. The molecule has 1 aromatic carbocycles. The van der Waals surface area contributed by atoms with E-state index in [0.717, 1.165) is 11.3 Å². The fourth-order valence-corrected chi connectivity index (χ4v) is 1.64. The van der Waals surface area contributed by atoms with E-state index < -0.39 is 5.97 Å². The minimum Gasteiger partial charge on any atom is -0.491 e. The molecular weight excluding hydrogens is 270 g/mol. The van der Waals surface area contributed by atoms with E-state index in [9.17, 15) is 9.59 Å². The second-order valence-corrected chi connectivity index (χ2v) is 4.72. The number of methoxy groups -OCH3 is 1. The van der Waals surface area contributed by atoms with Gasteiger partial charge < -0.3 is 14.8 Å². The Morgan fingerprint density at radius 1 is 1.33 bits per heavy atom. The highest BCUT2D eigenvalue weighted by Gasteiger charge is 2.04. The van der Waals surface area contributed by atoms with Crippen LogP contribution in [0, 0.1) is 0 Å². The summed E-state index contributed by atoms with van der Waals surface area (Å²) in [5.41, 5.74) is 0.877. The van der Waals surface area contributed by atoms with Gasteiger partial charge in [0.2, 0.25) is 5.91 Å². The maximum Gasteiger partial charge on any atom is 0.330 e. The van der Waals surface area contributed by atoms with Crippen LogP contribution < -0.4 is 10.1 Å². The molecule has 21 heavy (non-hydrogen) atoms. The van der Waals surface area contributed by atoms with Gasteiger partial charge >= 0.3 is 5.97 Å². The molecule has 5 nitrogen and oxygen atoms in total. The van der Waals surface area contributed by atoms with Crippen molar-refractivity contribution in [3.05, 3.63) is 42.0 Å². The number of hydrogen-bond donors (Lipinski definition) is 1. The third kappa shape index (κ3) is 7.15. The topological polar surface area (TPSA) is 64.6 Å². The molecule has 1 aromatic rings. The third-order valence-electron chi connectivity index (χ3n) is 2.51. The number of amides is 1. The van der Waals surface area contributed by atoms with Crippen molar-refractivity contribution in [3.8, 4) is 5.75 Å². The average Bonchev–Trinajstić information content (AvgIpc) is 2.43. The molecule has 0 heterocycles. The summed E-state index contributed by atoms with van der Waals surface area (Å²) in [6.45, 7) is 4.19. The van der Waals surface area contributed by atoms with Gasteiger partial charge in [-0.1, -0.05) is 18.2 Å². The first kappa shape index (κ1) is 16.8. The van der Waals surface area contributed by atoms with Crippen LogP contribution in [0.15, 0.2) is 36.4 Å². The average molecular weight is 291 g/mol. The number of carbonyl (C=O) groups excluding carboxylic acids is 2. The smallest absolute Gasteiger partial charge is 0.330 e. The molecule has 0 aliphatic heterocycles. The van der Waals surface area contributed by atoms with Crippen molar-refractivity contribution in [1.29, 1.82) is 0 Å². The Morgan fingerprint density at radius 2 is 2.10 bits per heavy atom. The molecule has 0 atom stereocenters. The van der Waals surface area contributed by atoms with Crippen LogP contribution in [-0.4, -0.2) is 31.6 Å². The van der Waals surface area contributed by atoms with Gasteiger partial charge in [0.25, 0.3) is 0 Å². The van der Waals surface area contributed by atoms with Crippen molar-refractivity contribution in [2.45, 2.75) is 26.4 Å². The standard InChI is InChI=1S/C16H21NO4/c1-12(2)21-14-7-4-6-13(10-14)11-15(18)17-9-5-8-16(19)20-3/h4-8,10,12H,9,11H2,1-3H3,(H,17,18)/b8-5+. The van der Waals surface area contributed by atoms with E-state index in [1.807, 2.05) is 38.1 Å². The number of nitrogens with one attached hydrogen (secondary N) is 1. The third-order valence-corrected chi connectivity index (χ3v) is 2.51. The number of carbonyl (C=O) groups is 2. The summed E-state index contributed by atoms with van der Waals surface area (Å²) < 4.78 is 10.0. The summed E-state index contributed by atoms with van der Waals surface area (Å²) in [5, 5.41) is 2.70. The summed E-state index contributed by atoms with van der Waals surface area (Å²) in [7, 11) is 1.30. The lowest BCUT2D eigenvalue weighted by Crippen LogP contribution is -2.25. The Morgan fingerprint density at radius 3 is 2.76 bits per heavy atom. The fraction of sp³-hybridized carbons (Fsp3) is 0.375. The molecule has 0 spiro atoms. The van der Waals surface area contributed by atoms with Crippen LogP contribution in [0.4, 0.5) is 0 Å². The highest BCUT2D eigenvalue weighted by molar-refractivity contribution is 5.82. The van der Waals surface area contributed by atoms with Crippen molar-refractivity contribution in [3.63, 3.8) is 0 Å². The van der Waals surface area contributed by atoms with E-state index in [-0.39, 0.29) is 25.0 Å². The number of hydrogen-bond acceptors (Lipinski definition) is 4. The SMILES string of the molecule is COC(=O)/C=C/CNC(=O)Cc1cccc(OC(C)C)c1. The highest BCUT2D eigenvalue weighted by atomic mass is 16.5. The highest BCUT2D eigenvalue weighted by Crippen LogP contribution is 2.15. The van der Waals surface area contributed by atoms with Crippen LogP contribution in [0.1, 0.15) is 19.4 Å². The molecule has 0 saturated carbocycles. The first-order chi connectivity index (χ1) is 10.0. The second kappa shape index (κ2) is 8.79. The molecule has 0 unspecified atom stereocenters. The number of rotatable bonds is 7. The Kier molecular flexibility index (Phi) is 7.01. The van der Waals surface area contributed by atoms with Crippen LogP contribution in [0.3, 0.4) is 0 Å². The lowest BCUT2D eigenvalue weighted by Gasteiger charge is -2.10. The van der Waals surface area contributed by atoms with Crippen molar-refractivity contribution >= 4 is 11.9 Å². The van der Waals surface area contributed by atoms with Crippen molar-refractivity contribution in [1.82, 2.24) is 5.32 Å². The predicted molar refractivity (Wildman–Crippen MR) is 80.1 cm³/mol. The Bertz CT molecular complexity index is 509. The molecule has 0 radical (unpaired) electrons. The molecule has 0 aromatic heterocycles. The minimum absolute atomic E-state index is 0.0949. The molecule has 1 amide bonds. The zero-order chi connectivity index (χ0) is 15.7. The van der Waals surface area contributed by atoms with Crippen LogP contribution in [0.25, 0.3) is 0 Å². The van der Waals surface area contributed by atoms with Crippen LogP contribution in [0.5, 0.6) is 5.75 Å². The van der Waals surface area contributed by atoms with Gasteiger partial charge in [-0.25, -0.2) is 4.79 Å². The second-order valence-electron chi connectivity index (χ2n) is 4.72. The Labute approximate surface area is 124 Å². The lowest BCUT2D eigenvalue weighted by atomic mass is 10.1. The summed E-state index contributed by atoms with van der Waals surface area (Å²) in [5.74, 6) is 0.190. The summed E-state index contributed by atoms with van der Waals surface area (Å²) in [6, 6.07) is 7.44. The van der Waals surface area contributed by atoms with Crippen LogP contribution in [0.2, 0.25) is 0 Å². The first-order valence-corrected chi connectivity index (χ1v) is 6.78. The quantitative estimate of drug-likeness (QED) is 0.615. The van der Waals surface area contributed by atoms with Crippen molar-refractivity contribution < 1.29 is 19.1 Å². The van der Waals surface area contributed by atoms with E-state index in [0.29, 0.717) is 0 Å². The molecule has 0 bridgehead atoms. The van der Waals surface area contributed by atoms with Gasteiger partial charge in [0.05, 0.1) is 19.6 Å². The van der Waals surface area contributed by atoms with Gasteiger partial charge in [-0.2, -0.15) is 0 Å². The van der Waals surface area contributed by atoms with Gasteiger partial charge in [0, 0.05) is 12.6 Å². The number of ether oxygens (including phenoxy) is 2. The van der Waals surface area contributed by atoms with Crippen molar-refractivity contribution in [2.75, 3.05) is 13.7 Å². The zero-order valence-electron chi connectivity index (χ0n) is 12.6. The molecule has 0 saturated heterocycles. The molecule has 0 aliphatic carbocycles. The van der Waals surface area contributed by atoms with Gasteiger partial charge in [0.1, 0.15) is 5.75 Å². The monoisotopic (exact) mass is 291 g/mol. The van der Waals surface area contributed by atoms with Gasteiger partial charge in [0.15, 0.2) is 0 Å². The first-order valence-electron chi connectivity index (χ1n) is 6.78. The number of esters is 1. The summed E-state index contributed by atoms with van der Waals surface area (Å²) in [4.78, 5) is 22.6. The molecule has 1 rings (SSSR count). The molecule has 5 heteroatoms.